The molecule has 18 heavy (non-hydrogen) atoms. The predicted molar refractivity (Wildman–Crippen MR) is 68.0 cm³/mol. The van der Waals surface area contributed by atoms with Gasteiger partial charge in [0.1, 0.15) is 17.5 Å². The van der Waals surface area contributed by atoms with Crippen LogP contribution < -0.4 is 5.32 Å². The Kier molecular flexibility index (Phi) is 3.72. The summed E-state index contributed by atoms with van der Waals surface area (Å²) in [7, 11) is 0. The fourth-order valence-electron chi connectivity index (χ4n) is 1.74. The first-order valence-corrected chi connectivity index (χ1v) is 5.96. The minimum atomic E-state index is -0.322. The lowest BCUT2D eigenvalue weighted by Gasteiger charge is -2.13. The fraction of sp³-hybridized carbons (Fsp3) is 0.385. The highest BCUT2D eigenvalue weighted by Crippen LogP contribution is 2.15. The molecule has 4 nitrogen and oxygen atoms in total. The Morgan fingerprint density at radius 2 is 2.17 bits per heavy atom. The highest BCUT2D eigenvalue weighted by molar-refractivity contribution is 5.35. The van der Waals surface area contributed by atoms with Gasteiger partial charge in [0.05, 0.1) is 6.20 Å². The first-order valence-electron chi connectivity index (χ1n) is 5.96. The third-order valence-corrected chi connectivity index (χ3v) is 2.66. The fourth-order valence-corrected chi connectivity index (χ4v) is 1.74. The van der Waals surface area contributed by atoms with E-state index in [2.05, 4.69) is 29.1 Å². The number of rotatable bonds is 4. The van der Waals surface area contributed by atoms with Crippen molar-refractivity contribution in [1.82, 2.24) is 19.9 Å². The molecule has 0 aliphatic rings. The van der Waals surface area contributed by atoms with Gasteiger partial charge in [-0.25, -0.2) is 14.4 Å². The summed E-state index contributed by atoms with van der Waals surface area (Å²) < 4.78 is 15.2. The zero-order chi connectivity index (χ0) is 13.1. The van der Waals surface area contributed by atoms with E-state index in [0.717, 1.165) is 17.2 Å². The van der Waals surface area contributed by atoms with E-state index < -0.39 is 0 Å². The lowest BCUT2D eigenvalue weighted by atomic mass is 10.2. The van der Waals surface area contributed by atoms with Crippen molar-refractivity contribution in [2.45, 2.75) is 33.4 Å². The lowest BCUT2D eigenvalue weighted by Crippen LogP contribution is -2.23. The van der Waals surface area contributed by atoms with Crippen molar-refractivity contribution >= 4 is 0 Å². The largest absolute Gasteiger partial charge is 0.310 e. The third kappa shape index (κ3) is 2.73. The highest BCUT2D eigenvalue weighted by atomic mass is 19.1. The molecule has 0 aliphatic carbocycles. The molecule has 0 saturated carbocycles. The minimum absolute atomic E-state index is 0.322. The molecule has 0 amide bonds. The lowest BCUT2D eigenvalue weighted by molar-refractivity contribution is 0.575. The van der Waals surface area contributed by atoms with Crippen LogP contribution in [0.4, 0.5) is 4.39 Å². The summed E-state index contributed by atoms with van der Waals surface area (Å²) in [5, 5.41) is 3.27. The van der Waals surface area contributed by atoms with Crippen LogP contribution in [0.15, 0.2) is 24.7 Å². The first-order chi connectivity index (χ1) is 8.58. The molecule has 96 valence electrons. The van der Waals surface area contributed by atoms with E-state index in [4.69, 9.17) is 0 Å². The number of aryl methyl sites for hydroxylation is 1. The second kappa shape index (κ2) is 5.27. The maximum atomic E-state index is 13.3. The Labute approximate surface area is 106 Å². The van der Waals surface area contributed by atoms with Crippen LogP contribution in [0.1, 0.15) is 25.2 Å². The van der Waals surface area contributed by atoms with Gasteiger partial charge in [-0.2, -0.15) is 0 Å². The molecule has 2 rings (SSSR count). The standard InChI is InChI=1S/C13H17FN4/c1-9(2)16-7-11-6-12(14)8-17-13(11)18-5-4-15-10(18)3/h4-6,8-9,16H,7H2,1-3H3. The number of hydrogen-bond acceptors (Lipinski definition) is 3. The van der Waals surface area contributed by atoms with Crippen LogP contribution in [0.25, 0.3) is 5.82 Å². The number of pyridine rings is 1. The quantitative estimate of drug-likeness (QED) is 0.902. The number of hydrogen-bond donors (Lipinski definition) is 1. The summed E-state index contributed by atoms with van der Waals surface area (Å²) in [4.78, 5) is 8.33. The van der Waals surface area contributed by atoms with Gasteiger partial charge in [-0.1, -0.05) is 13.8 Å². The molecule has 0 unspecified atom stereocenters. The van der Waals surface area contributed by atoms with Crippen LogP contribution in [-0.2, 0) is 6.54 Å². The molecular formula is C13H17FN4. The van der Waals surface area contributed by atoms with Gasteiger partial charge in [-0.3, -0.25) is 4.57 Å². The summed E-state index contributed by atoms with van der Waals surface area (Å²) in [5.41, 5.74) is 0.824. The van der Waals surface area contributed by atoms with Crippen LogP contribution in [0.3, 0.4) is 0 Å². The normalized spacial score (nSPS) is 11.2. The van der Waals surface area contributed by atoms with Crippen molar-refractivity contribution in [2.24, 2.45) is 0 Å². The molecule has 0 spiro atoms. The van der Waals surface area contributed by atoms with E-state index in [0.29, 0.717) is 12.6 Å². The molecule has 2 aromatic rings. The Bertz CT molecular complexity index is 534. The molecule has 0 fully saturated rings. The molecular weight excluding hydrogens is 231 g/mol. The van der Waals surface area contributed by atoms with Crippen LogP contribution in [-0.4, -0.2) is 20.6 Å². The number of imidazole rings is 1. The number of halogens is 1. The highest BCUT2D eigenvalue weighted by Gasteiger charge is 2.10. The second-order valence-electron chi connectivity index (χ2n) is 4.52. The summed E-state index contributed by atoms with van der Waals surface area (Å²) in [6, 6.07) is 1.85. The summed E-state index contributed by atoms with van der Waals surface area (Å²) >= 11 is 0. The molecule has 0 bridgehead atoms. The molecule has 5 heteroatoms. The van der Waals surface area contributed by atoms with Crippen LogP contribution in [0.2, 0.25) is 0 Å². The number of nitrogens with one attached hydrogen (secondary N) is 1. The van der Waals surface area contributed by atoms with E-state index in [1.807, 2.05) is 17.7 Å². The zero-order valence-electron chi connectivity index (χ0n) is 10.8. The van der Waals surface area contributed by atoms with Crippen molar-refractivity contribution in [3.63, 3.8) is 0 Å². The monoisotopic (exact) mass is 248 g/mol. The summed E-state index contributed by atoms with van der Waals surface area (Å²) in [6.45, 7) is 6.57. The molecule has 0 aromatic carbocycles. The van der Waals surface area contributed by atoms with E-state index in [1.165, 1.54) is 12.3 Å². The number of nitrogens with zero attached hydrogens (tertiary/aromatic N) is 3. The molecule has 2 aromatic heterocycles. The minimum Gasteiger partial charge on any atom is -0.310 e. The molecule has 1 N–H and O–H groups in total. The maximum absolute atomic E-state index is 13.3. The smallest absolute Gasteiger partial charge is 0.142 e. The van der Waals surface area contributed by atoms with Crippen LogP contribution in [0.5, 0.6) is 0 Å². The van der Waals surface area contributed by atoms with Crippen LogP contribution >= 0.6 is 0 Å². The number of aromatic nitrogens is 3. The zero-order valence-corrected chi connectivity index (χ0v) is 10.8. The molecule has 2 heterocycles. The molecule has 0 radical (unpaired) electrons. The van der Waals surface area contributed by atoms with Gasteiger partial charge in [-0.15, -0.1) is 0 Å². The van der Waals surface area contributed by atoms with Gasteiger partial charge < -0.3 is 5.32 Å². The Hall–Kier alpha value is -1.75. The molecule has 0 saturated heterocycles. The van der Waals surface area contributed by atoms with Crippen molar-refractivity contribution in [2.75, 3.05) is 0 Å². The van der Waals surface area contributed by atoms with Gasteiger partial charge in [0.25, 0.3) is 0 Å². The third-order valence-electron chi connectivity index (χ3n) is 2.66. The first kappa shape index (κ1) is 12.7. The second-order valence-corrected chi connectivity index (χ2v) is 4.52. The average molecular weight is 248 g/mol. The van der Waals surface area contributed by atoms with Gasteiger partial charge in [0, 0.05) is 30.5 Å². The summed E-state index contributed by atoms with van der Waals surface area (Å²) in [6.07, 6.45) is 4.77. The van der Waals surface area contributed by atoms with E-state index in [-0.39, 0.29) is 5.82 Å². The van der Waals surface area contributed by atoms with E-state index in [9.17, 15) is 4.39 Å². The van der Waals surface area contributed by atoms with Crippen LogP contribution in [0, 0.1) is 12.7 Å². The van der Waals surface area contributed by atoms with Gasteiger partial charge in [0.2, 0.25) is 0 Å². The topological polar surface area (TPSA) is 42.7 Å². The maximum Gasteiger partial charge on any atom is 0.142 e. The van der Waals surface area contributed by atoms with Gasteiger partial charge in [0.15, 0.2) is 0 Å². The Morgan fingerprint density at radius 1 is 1.39 bits per heavy atom. The van der Waals surface area contributed by atoms with Crippen molar-refractivity contribution < 1.29 is 4.39 Å². The Balaban J connectivity index is 2.37. The Morgan fingerprint density at radius 3 is 2.78 bits per heavy atom. The summed E-state index contributed by atoms with van der Waals surface area (Å²) in [5.74, 6) is 1.23. The SMILES string of the molecule is Cc1nccn1-c1ncc(F)cc1CNC(C)C. The average Bonchev–Trinajstić information content (AvgIpc) is 2.73. The van der Waals surface area contributed by atoms with E-state index >= 15 is 0 Å². The van der Waals surface area contributed by atoms with Crippen molar-refractivity contribution in [3.05, 3.63) is 41.9 Å². The van der Waals surface area contributed by atoms with Gasteiger partial charge >= 0.3 is 0 Å². The predicted octanol–water partition coefficient (Wildman–Crippen LogP) is 2.21. The van der Waals surface area contributed by atoms with Crippen molar-refractivity contribution in [1.29, 1.82) is 0 Å². The van der Waals surface area contributed by atoms with Gasteiger partial charge in [-0.05, 0) is 13.0 Å². The molecule has 0 aliphatic heterocycles. The van der Waals surface area contributed by atoms with E-state index in [1.54, 1.807) is 6.20 Å². The molecule has 0 atom stereocenters. The van der Waals surface area contributed by atoms with Crippen molar-refractivity contribution in [3.8, 4) is 5.82 Å².